The van der Waals surface area contributed by atoms with Crippen LogP contribution in [0.2, 0.25) is 0 Å². The Labute approximate surface area is 191 Å². The van der Waals surface area contributed by atoms with Crippen LogP contribution in [-0.2, 0) is 11.2 Å². The lowest BCUT2D eigenvalue weighted by Crippen LogP contribution is -2.29. The summed E-state index contributed by atoms with van der Waals surface area (Å²) in [7, 11) is 0. The van der Waals surface area contributed by atoms with Crippen LogP contribution in [0.1, 0.15) is 60.5 Å². The first-order chi connectivity index (χ1) is 15.5. The second kappa shape index (κ2) is 9.92. The average Bonchev–Trinajstić information content (AvgIpc) is 3.35. The molecule has 0 aliphatic heterocycles. The average molecular weight is 446 g/mol. The number of rotatable bonds is 8. The molecule has 2 heterocycles. The van der Waals surface area contributed by atoms with Crippen molar-refractivity contribution in [3.05, 3.63) is 98.2 Å². The maximum Gasteiger partial charge on any atom is 0.258 e. The number of para-hydroxylation sites is 1. The van der Waals surface area contributed by atoms with E-state index in [1.165, 1.54) is 5.56 Å². The Bertz CT molecular complexity index is 1250. The molecule has 0 aliphatic carbocycles. The number of nitrogens with one attached hydrogen (secondary N) is 2. The van der Waals surface area contributed by atoms with E-state index in [-0.39, 0.29) is 23.9 Å². The summed E-state index contributed by atoms with van der Waals surface area (Å²) >= 11 is 1.63. The van der Waals surface area contributed by atoms with E-state index in [2.05, 4.69) is 53.4 Å². The van der Waals surface area contributed by atoms with Crippen molar-refractivity contribution >= 4 is 28.1 Å². The molecule has 2 aromatic carbocycles. The van der Waals surface area contributed by atoms with Gasteiger partial charge in [-0.15, -0.1) is 11.3 Å². The lowest BCUT2D eigenvalue weighted by Gasteiger charge is -2.19. The molecular weight excluding hydrogens is 418 g/mol. The predicted octanol–water partition coefficient (Wildman–Crippen LogP) is 5.34. The van der Waals surface area contributed by atoms with Crippen LogP contribution < -0.4 is 10.9 Å². The van der Waals surface area contributed by atoms with Gasteiger partial charge in [-0.05, 0) is 47.0 Å². The van der Waals surface area contributed by atoms with Crippen molar-refractivity contribution in [2.45, 2.75) is 45.1 Å². The maximum atomic E-state index is 12.8. The molecule has 0 radical (unpaired) electrons. The highest BCUT2D eigenvalue weighted by Crippen LogP contribution is 2.28. The van der Waals surface area contributed by atoms with Gasteiger partial charge in [0.1, 0.15) is 5.82 Å². The fourth-order valence-corrected chi connectivity index (χ4v) is 4.55. The van der Waals surface area contributed by atoms with E-state index in [0.717, 1.165) is 16.9 Å². The van der Waals surface area contributed by atoms with Gasteiger partial charge in [0.15, 0.2) is 0 Å². The normalized spacial score (nSPS) is 13.1. The van der Waals surface area contributed by atoms with E-state index in [1.807, 2.05) is 35.7 Å². The van der Waals surface area contributed by atoms with Gasteiger partial charge in [0.05, 0.1) is 16.9 Å². The molecule has 32 heavy (non-hydrogen) atoms. The first-order valence-electron chi connectivity index (χ1n) is 11.0. The lowest BCUT2D eigenvalue weighted by atomic mass is 9.95. The lowest BCUT2D eigenvalue weighted by molar-refractivity contribution is -0.121. The van der Waals surface area contributed by atoms with Gasteiger partial charge in [-0.3, -0.25) is 9.59 Å². The highest BCUT2D eigenvalue weighted by Gasteiger charge is 2.18. The van der Waals surface area contributed by atoms with Crippen LogP contribution in [0, 0.1) is 0 Å². The van der Waals surface area contributed by atoms with E-state index in [1.54, 1.807) is 17.4 Å². The molecule has 4 aromatic rings. The van der Waals surface area contributed by atoms with Crippen LogP contribution in [0.3, 0.4) is 0 Å². The third-order valence-electron chi connectivity index (χ3n) is 5.84. The van der Waals surface area contributed by atoms with Crippen molar-refractivity contribution in [2.75, 3.05) is 0 Å². The smallest absolute Gasteiger partial charge is 0.258 e. The van der Waals surface area contributed by atoms with Gasteiger partial charge in [0.2, 0.25) is 5.91 Å². The summed E-state index contributed by atoms with van der Waals surface area (Å²) in [4.78, 5) is 33.5. The summed E-state index contributed by atoms with van der Waals surface area (Å²) in [5.74, 6) is 0.954. The fraction of sp³-hybridized carbons (Fsp3) is 0.269. The Kier molecular flexibility index (Phi) is 6.81. The molecule has 0 bridgehead atoms. The SMILES string of the molecule is CCC(C)c1ccc(C(NC(=O)CCc2nc3ccccc3c(=O)[nH]2)c2cccs2)cc1. The number of hydrogen-bond acceptors (Lipinski definition) is 4. The number of benzene rings is 2. The van der Waals surface area contributed by atoms with Crippen molar-refractivity contribution in [2.24, 2.45) is 0 Å². The van der Waals surface area contributed by atoms with Crippen molar-refractivity contribution in [1.82, 2.24) is 15.3 Å². The zero-order valence-electron chi connectivity index (χ0n) is 18.3. The molecule has 6 heteroatoms. The van der Waals surface area contributed by atoms with E-state index in [4.69, 9.17) is 0 Å². The summed E-state index contributed by atoms with van der Waals surface area (Å²) in [6, 6.07) is 19.6. The van der Waals surface area contributed by atoms with E-state index >= 15 is 0 Å². The Morgan fingerprint density at radius 1 is 1.06 bits per heavy atom. The second-order valence-electron chi connectivity index (χ2n) is 8.02. The van der Waals surface area contributed by atoms with Crippen molar-refractivity contribution in [3.8, 4) is 0 Å². The van der Waals surface area contributed by atoms with Crippen LogP contribution in [0.4, 0.5) is 0 Å². The number of carbonyl (C=O) groups excluding carboxylic acids is 1. The monoisotopic (exact) mass is 445 g/mol. The molecule has 5 nitrogen and oxygen atoms in total. The van der Waals surface area contributed by atoms with E-state index < -0.39 is 0 Å². The van der Waals surface area contributed by atoms with Gasteiger partial charge in [0, 0.05) is 17.7 Å². The molecular formula is C26H27N3O2S. The molecule has 0 spiro atoms. The number of hydrogen-bond donors (Lipinski definition) is 2. The highest BCUT2D eigenvalue weighted by molar-refractivity contribution is 7.10. The molecule has 4 rings (SSSR count). The third kappa shape index (κ3) is 4.97. The minimum Gasteiger partial charge on any atom is -0.344 e. The van der Waals surface area contributed by atoms with E-state index in [9.17, 15) is 9.59 Å². The highest BCUT2D eigenvalue weighted by atomic mass is 32.1. The molecule has 2 unspecified atom stereocenters. The number of nitrogens with zero attached hydrogens (tertiary/aromatic N) is 1. The third-order valence-corrected chi connectivity index (χ3v) is 6.77. The van der Waals surface area contributed by atoms with Crippen LogP contribution in [-0.4, -0.2) is 15.9 Å². The molecule has 1 amide bonds. The predicted molar refractivity (Wildman–Crippen MR) is 130 cm³/mol. The van der Waals surface area contributed by atoms with Crippen LogP contribution in [0.25, 0.3) is 10.9 Å². The largest absolute Gasteiger partial charge is 0.344 e. The number of aryl methyl sites for hydroxylation is 1. The standard InChI is InChI=1S/C26H27N3O2S/c1-3-17(2)18-10-12-19(13-11-18)25(22-9-6-16-32-22)29-24(30)15-14-23-27-21-8-5-4-7-20(21)26(31)28-23/h4-13,16-17,25H,3,14-15H2,1-2H3,(H,29,30)(H,27,28,31). The van der Waals surface area contributed by atoms with Crippen LogP contribution >= 0.6 is 11.3 Å². The van der Waals surface area contributed by atoms with Gasteiger partial charge in [-0.2, -0.15) is 0 Å². The van der Waals surface area contributed by atoms with Gasteiger partial charge in [-0.25, -0.2) is 4.98 Å². The summed E-state index contributed by atoms with van der Waals surface area (Å²) in [6.07, 6.45) is 1.71. The summed E-state index contributed by atoms with van der Waals surface area (Å²) in [5, 5.41) is 5.75. The molecule has 2 aromatic heterocycles. The molecule has 0 saturated heterocycles. The summed E-state index contributed by atoms with van der Waals surface area (Å²) in [5.41, 5.74) is 2.83. The molecule has 2 atom stereocenters. The number of thiophene rings is 1. The van der Waals surface area contributed by atoms with Gasteiger partial charge >= 0.3 is 0 Å². The van der Waals surface area contributed by atoms with Crippen molar-refractivity contribution in [1.29, 1.82) is 0 Å². The topological polar surface area (TPSA) is 74.8 Å². The molecule has 2 N–H and O–H groups in total. The number of H-pyrrole nitrogens is 1. The van der Waals surface area contributed by atoms with Gasteiger partial charge in [0.25, 0.3) is 5.56 Å². The molecule has 164 valence electrons. The maximum absolute atomic E-state index is 12.8. The molecule has 0 aliphatic rings. The Morgan fingerprint density at radius 2 is 1.81 bits per heavy atom. The van der Waals surface area contributed by atoms with Gasteiger partial charge in [-0.1, -0.05) is 56.3 Å². The van der Waals surface area contributed by atoms with Crippen molar-refractivity contribution in [3.63, 3.8) is 0 Å². The number of fused-ring (bicyclic) bond motifs is 1. The minimum atomic E-state index is -0.197. The fourth-order valence-electron chi connectivity index (χ4n) is 3.75. The zero-order valence-corrected chi connectivity index (χ0v) is 19.1. The Balaban J connectivity index is 1.48. The number of aromatic nitrogens is 2. The van der Waals surface area contributed by atoms with Gasteiger partial charge < -0.3 is 10.3 Å². The van der Waals surface area contributed by atoms with E-state index in [0.29, 0.717) is 29.1 Å². The zero-order chi connectivity index (χ0) is 22.5. The minimum absolute atomic E-state index is 0.0785. The Morgan fingerprint density at radius 3 is 2.53 bits per heavy atom. The molecule has 0 fully saturated rings. The quantitative estimate of drug-likeness (QED) is 0.385. The summed E-state index contributed by atoms with van der Waals surface area (Å²) < 4.78 is 0. The number of carbonyl (C=O) groups is 1. The van der Waals surface area contributed by atoms with Crippen LogP contribution in [0.15, 0.2) is 70.8 Å². The molecule has 0 saturated carbocycles. The summed E-state index contributed by atoms with van der Waals surface area (Å²) in [6.45, 7) is 4.41. The second-order valence-corrected chi connectivity index (χ2v) is 9.00. The number of aromatic amines is 1. The van der Waals surface area contributed by atoms with Crippen LogP contribution in [0.5, 0.6) is 0 Å². The Hall–Kier alpha value is -3.25. The number of amides is 1. The first-order valence-corrected chi connectivity index (χ1v) is 11.8. The van der Waals surface area contributed by atoms with Crippen molar-refractivity contribution < 1.29 is 4.79 Å². The first kappa shape index (κ1) is 22.0.